The van der Waals surface area contributed by atoms with Crippen LogP contribution in [0.25, 0.3) is 0 Å². The van der Waals surface area contributed by atoms with Crippen LogP contribution < -0.4 is 14.8 Å². The summed E-state index contributed by atoms with van der Waals surface area (Å²) in [6.07, 6.45) is 0. The van der Waals surface area contributed by atoms with Crippen LogP contribution in [0.1, 0.15) is 5.56 Å². The van der Waals surface area contributed by atoms with E-state index in [0.717, 1.165) is 30.3 Å². The second-order valence-electron chi connectivity index (χ2n) is 4.82. The van der Waals surface area contributed by atoms with Gasteiger partial charge in [0, 0.05) is 23.7 Å². The van der Waals surface area contributed by atoms with Crippen LogP contribution >= 0.6 is 11.8 Å². The zero-order valence-electron chi connectivity index (χ0n) is 11.9. The lowest BCUT2D eigenvalue weighted by Gasteiger charge is -2.18. The summed E-state index contributed by atoms with van der Waals surface area (Å²) in [5.74, 6) is 2.75. The Labute approximate surface area is 129 Å². The number of ether oxygens (including phenoxy) is 2. The first kappa shape index (κ1) is 14.3. The molecule has 0 aromatic heterocycles. The van der Waals surface area contributed by atoms with Crippen molar-refractivity contribution in [3.63, 3.8) is 0 Å². The molecule has 2 aromatic carbocycles. The maximum atomic E-state index is 5.60. The van der Waals surface area contributed by atoms with Crippen LogP contribution in [0.5, 0.6) is 11.5 Å². The third-order valence-corrected chi connectivity index (χ3v) is 4.23. The SMILES string of the molecule is c1ccc(CNCCSc2ccc3c(c2)OCCO3)cc1. The molecule has 0 atom stereocenters. The van der Waals surface area contributed by atoms with Crippen molar-refractivity contribution >= 4 is 11.8 Å². The second kappa shape index (κ2) is 7.38. The van der Waals surface area contributed by atoms with Crippen molar-refractivity contribution in [3.05, 3.63) is 54.1 Å². The number of benzene rings is 2. The summed E-state index contributed by atoms with van der Waals surface area (Å²) in [6, 6.07) is 16.6. The van der Waals surface area contributed by atoms with Gasteiger partial charge < -0.3 is 14.8 Å². The normalized spacial score (nSPS) is 13.1. The first-order valence-electron chi connectivity index (χ1n) is 7.19. The van der Waals surface area contributed by atoms with Gasteiger partial charge in [0.15, 0.2) is 11.5 Å². The lowest BCUT2D eigenvalue weighted by Crippen LogP contribution is -2.16. The van der Waals surface area contributed by atoms with Gasteiger partial charge in [-0.1, -0.05) is 30.3 Å². The van der Waals surface area contributed by atoms with E-state index in [2.05, 4.69) is 41.7 Å². The zero-order chi connectivity index (χ0) is 14.3. The molecular weight excluding hydrogens is 282 g/mol. The quantitative estimate of drug-likeness (QED) is 0.655. The van der Waals surface area contributed by atoms with Crippen LogP contribution in [-0.2, 0) is 6.54 Å². The first-order chi connectivity index (χ1) is 10.4. The Balaban J connectivity index is 1.41. The highest BCUT2D eigenvalue weighted by molar-refractivity contribution is 7.99. The van der Waals surface area contributed by atoms with Gasteiger partial charge in [0.1, 0.15) is 13.2 Å². The van der Waals surface area contributed by atoms with Crippen LogP contribution in [0.3, 0.4) is 0 Å². The van der Waals surface area contributed by atoms with E-state index >= 15 is 0 Å². The number of nitrogens with one attached hydrogen (secondary N) is 1. The predicted octanol–water partition coefficient (Wildman–Crippen LogP) is 3.34. The Morgan fingerprint density at radius 1 is 0.952 bits per heavy atom. The van der Waals surface area contributed by atoms with Gasteiger partial charge in [0.2, 0.25) is 0 Å². The summed E-state index contributed by atoms with van der Waals surface area (Å²) in [6.45, 7) is 3.18. The Kier molecular flexibility index (Phi) is 5.03. The Morgan fingerprint density at radius 2 is 1.76 bits per heavy atom. The van der Waals surface area contributed by atoms with Gasteiger partial charge in [-0.2, -0.15) is 0 Å². The van der Waals surface area contributed by atoms with Crippen molar-refractivity contribution in [1.82, 2.24) is 5.32 Å². The molecule has 0 saturated heterocycles. The number of thioether (sulfide) groups is 1. The van der Waals surface area contributed by atoms with Crippen LogP contribution in [-0.4, -0.2) is 25.5 Å². The first-order valence-corrected chi connectivity index (χ1v) is 8.17. The number of rotatable bonds is 6. The van der Waals surface area contributed by atoms with Gasteiger partial charge in [0.25, 0.3) is 0 Å². The number of hydrogen-bond donors (Lipinski definition) is 1. The molecule has 110 valence electrons. The highest BCUT2D eigenvalue weighted by Crippen LogP contribution is 2.33. The summed E-state index contributed by atoms with van der Waals surface area (Å²) < 4.78 is 11.1. The van der Waals surface area contributed by atoms with Crippen LogP contribution in [0.4, 0.5) is 0 Å². The highest BCUT2D eigenvalue weighted by Gasteiger charge is 2.11. The van der Waals surface area contributed by atoms with E-state index in [4.69, 9.17) is 9.47 Å². The maximum Gasteiger partial charge on any atom is 0.162 e. The minimum Gasteiger partial charge on any atom is -0.486 e. The summed E-state index contributed by atoms with van der Waals surface area (Å²) in [7, 11) is 0. The second-order valence-corrected chi connectivity index (χ2v) is 5.98. The highest BCUT2D eigenvalue weighted by atomic mass is 32.2. The molecular formula is C17H19NO2S. The largest absolute Gasteiger partial charge is 0.486 e. The van der Waals surface area contributed by atoms with Crippen molar-refractivity contribution < 1.29 is 9.47 Å². The third kappa shape index (κ3) is 4.16. The van der Waals surface area contributed by atoms with Crippen LogP contribution in [0.2, 0.25) is 0 Å². The standard InChI is InChI=1S/C17H19NO2S/c1-2-4-14(5-3-1)13-18-8-11-21-15-6-7-16-17(12-15)20-10-9-19-16/h1-7,12,18H,8-11,13H2. The molecule has 3 rings (SSSR count). The molecule has 0 unspecified atom stereocenters. The molecule has 1 heterocycles. The van der Waals surface area contributed by atoms with Crippen LogP contribution in [0, 0.1) is 0 Å². The maximum absolute atomic E-state index is 5.60. The third-order valence-electron chi connectivity index (χ3n) is 3.23. The van der Waals surface area contributed by atoms with Crippen molar-refractivity contribution in [2.75, 3.05) is 25.5 Å². The molecule has 21 heavy (non-hydrogen) atoms. The monoisotopic (exact) mass is 301 g/mol. The fraction of sp³-hybridized carbons (Fsp3) is 0.294. The molecule has 0 radical (unpaired) electrons. The molecule has 1 aliphatic rings. The smallest absolute Gasteiger partial charge is 0.162 e. The van der Waals surface area contributed by atoms with Crippen molar-refractivity contribution in [1.29, 1.82) is 0 Å². The minimum absolute atomic E-state index is 0.639. The van der Waals surface area contributed by atoms with Gasteiger partial charge in [-0.25, -0.2) is 0 Å². The molecule has 3 nitrogen and oxygen atoms in total. The zero-order valence-corrected chi connectivity index (χ0v) is 12.7. The number of hydrogen-bond acceptors (Lipinski definition) is 4. The van der Waals surface area contributed by atoms with Gasteiger partial charge in [-0.15, -0.1) is 11.8 Å². The molecule has 2 aromatic rings. The topological polar surface area (TPSA) is 30.5 Å². The van der Waals surface area contributed by atoms with E-state index in [1.807, 2.05) is 23.9 Å². The molecule has 0 amide bonds. The summed E-state index contributed by atoms with van der Waals surface area (Å²) >= 11 is 1.83. The molecule has 0 saturated carbocycles. The molecule has 1 aliphatic heterocycles. The summed E-state index contributed by atoms with van der Waals surface area (Å²) in [5.41, 5.74) is 1.32. The molecule has 1 N–H and O–H groups in total. The Bertz CT molecular complexity index is 574. The van der Waals surface area contributed by atoms with Gasteiger partial charge in [-0.05, 0) is 23.8 Å². The average molecular weight is 301 g/mol. The fourth-order valence-corrected chi connectivity index (χ4v) is 3.02. The fourth-order valence-electron chi connectivity index (χ4n) is 2.18. The summed E-state index contributed by atoms with van der Waals surface area (Å²) in [5, 5.41) is 3.46. The molecule has 0 bridgehead atoms. The van der Waals surface area contributed by atoms with Gasteiger partial charge in [-0.3, -0.25) is 0 Å². The van der Waals surface area contributed by atoms with E-state index in [0.29, 0.717) is 13.2 Å². The van der Waals surface area contributed by atoms with E-state index in [1.165, 1.54) is 10.5 Å². The van der Waals surface area contributed by atoms with Gasteiger partial charge >= 0.3 is 0 Å². The molecule has 0 fully saturated rings. The van der Waals surface area contributed by atoms with E-state index in [9.17, 15) is 0 Å². The van der Waals surface area contributed by atoms with Crippen LogP contribution in [0.15, 0.2) is 53.4 Å². The number of fused-ring (bicyclic) bond motifs is 1. The Hall–Kier alpha value is -1.65. The van der Waals surface area contributed by atoms with E-state index in [-0.39, 0.29) is 0 Å². The predicted molar refractivity (Wildman–Crippen MR) is 86.3 cm³/mol. The molecule has 0 spiro atoms. The van der Waals surface area contributed by atoms with E-state index < -0.39 is 0 Å². The minimum atomic E-state index is 0.639. The lowest BCUT2D eigenvalue weighted by molar-refractivity contribution is 0.171. The average Bonchev–Trinajstić information content (AvgIpc) is 2.55. The summed E-state index contributed by atoms with van der Waals surface area (Å²) in [4.78, 5) is 1.22. The van der Waals surface area contributed by atoms with Crippen molar-refractivity contribution in [3.8, 4) is 11.5 Å². The van der Waals surface area contributed by atoms with E-state index in [1.54, 1.807) is 0 Å². The molecule has 4 heteroatoms. The Morgan fingerprint density at radius 3 is 2.62 bits per heavy atom. The lowest BCUT2D eigenvalue weighted by atomic mass is 10.2. The van der Waals surface area contributed by atoms with Crippen molar-refractivity contribution in [2.45, 2.75) is 11.4 Å². The van der Waals surface area contributed by atoms with Gasteiger partial charge in [0.05, 0.1) is 0 Å². The molecule has 0 aliphatic carbocycles. The van der Waals surface area contributed by atoms with Crippen molar-refractivity contribution in [2.24, 2.45) is 0 Å².